The second-order valence-electron chi connectivity index (χ2n) is 4.22. The molecule has 0 spiro atoms. The van der Waals surface area contributed by atoms with Crippen LogP contribution in [0.1, 0.15) is 25.0 Å². The van der Waals surface area contributed by atoms with E-state index in [1.54, 1.807) is 0 Å². The lowest BCUT2D eigenvalue weighted by Crippen LogP contribution is -2.22. The molecule has 0 aliphatic heterocycles. The van der Waals surface area contributed by atoms with Gasteiger partial charge in [-0.15, -0.1) is 0 Å². The van der Waals surface area contributed by atoms with Gasteiger partial charge in [0.15, 0.2) is 0 Å². The quantitative estimate of drug-likeness (QED) is 0.791. The van der Waals surface area contributed by atoms with Crippen molar-refractivity contribution in [2.24, 2.45) is 0 Å². The number of aromatic amines is 1. The third kappa shape index (κ3) is 2.01. The Labute approximate surface area is 104 Å². The Bertz CT molecular complexity index is 716. The summed E-state index contributed by atoms with van der Waals surface area (Å²) in [6, 6.07) is 4.62. The van der Waals surface area contributed by atoms with Crippen molar-refractivity contribution in [1.82, 2.24) is 4.98 Å². The minimum absolute atomic E-state index is 0.161. The smallest absolute Gasteiger partial charge is 0.296 e. The molecule has 0 radical (unpaired) electrons. The van der Waals surface area contributed by atoms with Gasteiger partial charge in [0.2, 0.25) is 5.43 Å². The van der Waals surface area contributed by atoms with Gasteiger partial charge in [-0.05, 0) is 36.1 Å². The van der Waals surface area contributed by atoms with Gasteiger partial charge in [-0.25, -0.2) is 0 Å². The highest BCUT2D eigenvalue weighted by molar-refractivity contribution is 5.85. The molecule has 2 rings (SSSR count). The normalized spacial score (nSPS) is 10.8. The number of benzene rings is 1. The van der Waals surface area contributed by atoms with E-state index in [0.717, 1.165) is 30.0 Å². The topological polar surface area (TPSA) is 70.2 Å². The summed E-state index contributed by atoms with van der Waals surface area (Å²) in [4.78, 5) is 25.3. The number of nitrogens with one attached hydrogen (secondary N) is 1. The Hall–Kier alpha value is -2.10. The van der Waals surface area contributed by atoms with Gasteiger partial charge in [-0.3, -0.25) is 9.59 Å². The number of hydrogen-bond acceptors (Lipinski definition) is 3. The van der Waals surface area contributed by atoms with E-state index in [9.17, 15) is 14.7 Å². The Morgan fingerprint density at radius 1 is 1.06 bits per heavy atom. The van der Waals surface area contributed by atoms with Crippen LogP contribution in [-0.2, 0) is 12.8 Å². The molecular weight excluding hydrogens is 230 g/mol. The third-order valence-electron chi connectivity index (χ3n) is 3.12. The van der Waals surface area contributed by atoms with Crippen molar-refractivity contribution in [1.29, 1.82) is 0 Å². The van der Waals surface area contributed by atoms with Gasteiger partial charge in [0, 0.05) is 11.5 Å². The van der Waals surface area contributed by atoms with Crippen LogP contribution in [-0.4, -0.2) is 10.1 Å². The van der Waals surface area contributed by atoms with Crippen LogP contribution in [0.15, 0.2) is 27.8 Å². The second-order valence-corrected chi connectivity index (χ2v) is 4.22. The number of aromatic nitrogens is 1. The summed E-state index contributed by atoms with van der Waals surface area (Å²) in [5, 5.41) is 10.4. The first-order chi connectivity index (χ1) is 8.56. The molecule has 1 aromatic carbocycles. The zero-order valence-corrected chi connectivity index (χ0v) is 10.4. The van der Waals surface area contributed by atoms with Crippen LogP contribution < -0.4 is 11.0 Å². The SMILES string of the molecule is CCc1cc2[nH]c(=O)c(=O)cc(O)c2cc1CC. The molecule has 1 aromatic heterocycles. The molecule has 0 saturated carbocycles. The minimum Gasteiger partial charge on any atom is -0.507 e. The van der Waals surface area contributed by atoms with Crippen LogP contribution >= 0.6 is 0 Å². The maximum absolute atomic E-state index is 11.5. The van der Waals surface area contributed by atoms with E-state index in [1.807, 2.05) is 26.0 Å². The fourth-order valence-corrected chi connectivity index (χ4v) is 2.11. The van der Waals surface area contributed by atoms with E-state index in [4.69, 9.17) is 0 Å². The molecule has 0 saturated heterocycles. The van der Waals surface area contributed by atoms with Gasteiger partial charge in [0.1, 0.15) is 5.75 Å². The van der Waals surface area contributed by atoms with Crippen molar-refractivity contribution in [3.05, 3.63) is 49.9 Å². The van der Waals surface area contributed by atoms with Crippen molar-refractivity contribution in [3.63, 3.8) is 0 Å². The van der Waals surface area contributed by atoms with E-state index in [2.05, 4.69) is 4.98 Å². The van der Waals surface area contributed by atoms with Gasteiger partial charge in [0.05, 0.1) is 5.52 Å². The van der Waals surface area contributed by atoms with Crippen molar-refractivity contribution >= 4 is 10.9 Å². The first-order valence-corrected chi connectivity index (χ1v) is 5.99. The summed E-state index contributed by atoms with van der Waals surface area (Å²) in [5.74, 6) is -0.161. The van der Waals surface area contributed by atoms with Crippen LogP contribution in [0.4, 0.5) is 0 Å². The fraction of sp³-hybridized carbons (Fsp3) is 0.286. The molecular formula is C14H15NO3. The average molecular weight is 245 g/mol. The number of fused-ring (bicyclic) bond motifs is 1. The van der Waals surface area contributed by atoms with E-state index in [-0.39, 0.29) is 5.75 Å². The lowest BCUT2D eigenvalue weighted by atomic mass is 10.0. The Morgan fingerprint density at radius 2 is 1.67 bits per heavy atom. The van der Waals surface area contributed by atoms with E-state index < -0.39 is 11.0 Å². The fourth-order valence-electron chi connectivity index (χ4n) is 2.11. The predicted octanol–water partition coefficient (Wildman–Crippen LogP) is 1.72. The largest absolute Gasteiger partial charge is 0.507 e. The number of hydrogen-bond donors (Lipinski definition) is 2. The molecule has 0 atom stereocenters. The summed E-state index contributed by atoms with van der Waals surface area (Å²) in [6.07, 6.45) is 1.68. The van der Waals surface area contributed by atoms with Crippen LogP contribution in [0.5, 0.6) is 5.75 Å². The van der Waals surface area contributed by atoms with Gasteiger partial charge in [-0.2, -0.15) is 0 Å². The molecule has 0 fully saturated rings. The minimum atomic E-state index is -0.736. The molecule has 4 nitrogen and oxygen atoms in total. The van der Waals surface area contributed by atoms with E-state index >= 15 is 0 Å². The first kappa shape index (κ1) is 12.4. The van der Waals surface area contributed by atoms with Gasteiger partial charge in [0.25, 0.3) is 5.56 Å². The zero-order chi connectivity index (χ0) is 13.3. The number of aromatic hydroxyl groups is 1. The van der Waals surface area contributed by atoms with Gasteiger partial charge < -0.3 is 10.1 Å². The standard InChI is InChI=1S/C14H15NO3/c1-3-8-5-10-11(6-9(8)4-2)15-14(18)13(17)7-12(10)16/h5-7,16H,3-4H2,1-2H3,(H,15,17,18). The molecule has 2 aromatic rings. The molecule has 94 valence electrons. The van der Waals surface area contributed by atoms with Crippen LogP contribution in [0.25, 0.3) is 10.9 Å². The second kappa shape index (κ2) is 4.64. The Morgan fingerprint density at radius 3 is 2.28 bits per heavy atom. The third-order valence-corrected chi connectivity index (χ3v) is 3.12. The monoisotopic (exact) mass is 245 g/mol. The molecule has 0 bridgehead atoms. The molecule has 4 heteroatoms. The molecule has 0 unspecified atom stereocenters. The molecule has 0 aliphatic rings. The number of rotatable bonds is 2. The Balaban J connectivity index is 2.98. The summed E-state index contributed by atoms with van der Waals surface area (Å²) >= 11 is 0. The van der Waals surface area contributed by atoms with Crippen molar-refractivity contribution in [2.45, 2.75) is 26.7 Å². The summed E-state index contributed by atoms with van der Waals surface area (Å²) in [5.41, 5.74) is 1.26. The van der Waals surface area contributed by atoms with E-state index in [1.165, 1.54) is 0 Å². The predicted molar refractivity (Wildman–Crippen MR) is 71.3 cm³/mol. The summed E-state index contributed by atoms with van der Waals surface area (Å²) in [7, 11) is 0. The highest BCUT2D eigenvalue weighted by Crippen LogP contribution is 2.24. The van der Waals surface area contributed by atoms with Crippen LogP contribution in [0.2, 0.25) is 0 Å². The van der Waals surface area contributed by atoms with Crippen LogP contribution in [0, 0.1) is 0 Å². The maximum Gasteiger partial charge on any atom is 0.296 e. The van der Waals surface area contributed by atoms with Gasteiger partial charge >= 0.3 is 0 Å². The highest BCUT2D eigenvalue weighted by Gasteiger charge is 2.07. The van der Waals surface area contributed by atoms with Crippen molar-refractivity contribution < 1.29 is 5.11 Å². The lowest BCUT2D eigenvalue weighted by Gasteiger charge is -2.07. The molecule has 2 N–H and O–H groups in total. The highest BCUT2D eigenvalue weighted by atomic mass is 16.3. The molecule has 1 heterocycles. The maximum atomic E-state index is 11.5. The van der Waals surface area contributed by atoms with Crippen LogP contribution in [0.3, 0.4) is 0 Å². The van der Waals surface area contributed by atoms with Gasteiger partial charge in [-0.1, -0.05) is 13.8 Å². The average Bonchev–Trinajstić information content (AvgIpc) is 2.46. The number of H-pyrrole nitrogens is 1. The first-order valence-electron chi connectivity index (χ1n) is 5.99. The number of aryl methyl sites for hydroxylation is 2. The molecule has 0 amide bonds. The Kier molecular flexibility index (Phi) is 3.19. The zero-order valence-electron chi connectivity index (χ0n) is 10.4. The molecule has 18 heavy (non-hydrogen) atoms. The lowest BCUT2D eigenvalue weighted by molar-refractivity contribution is 0.481. The van der Waals surface area contributed by atoms with E-state index in [0.29, 0.717) is 10.9 Å². The summed E-state index contributed by atoms with van der Waals surface area (Å²) < 4.78 is 0. The van der Waals surface area contributed by atoms with Crippen molar-refractivity contribution in [2.75, 3.05) is 0 Å². The molecule has 0 aliphatic carbocycles. The summed E-state index contributed by atoms with van der Waals surface area (Å²) in [6.45, 7) is 4.06. The van der Waals surface area contributed by atoms with Crippen molar-refractivity contribution in [3.8, 4) is 5.75 Å².